The lowest BCUT2D eigenvalue weighted by atomic mass is 10.2. The molecule has 1 aromatic heterocycles. The molecule has 0 saturated carbocycles. The predicted octanol–water partition coefficient (Wildman–Crippen LogP) is 1.12. The molecule has 2 aromatic rings. The number of carbonyl (C=O) groups excluding carboxylic acids is 1. The number of aliphatic carboxylic acids is 2. The number of aromatic nitrogens is 2. The van der Waals surface area contributed by atoms with Crippen LogP contribution in [-0.4, -0.2) is 60.8 Å². The lowest BCUT2D eigenvalue weighted by Gasteiger charge is -2.15. The Balaban J connectivity index is 2.18. The molecule has 17 heteroatoms. The number of amides is 1. The molecule has 1 aromatic carbocycles. The summed E-state index contributed by atoms with van der Waals surface area (Å²) in [7, 11) is 0.709. The summed E-state index contributed by atoms with van der Waals surface area (Å²) in [5, 5.41) is 17.5. The van der Waals surface area contributed by atoms with Gasteiger partial charge in [0, 0.05) is 13.1 Å². The fourth-order valence-corrected chi connectivity index (χ4v) is 3.36. The number of benzene rings is 1. The summed E-state index contributed by atoms with van der Waals surface area (Å²) < 4.78 is 59.2. The summed E-state index contributed by atoms with van der Waals surface area (Å²) >= 11 is 5.94. The molecule has 0 spiro atoms. The van der Waals surface area contributed by atoms with E-state index >= 15 is 0 Å². The van der Waals surface area contributed by atoms with Crippen molar-refractivity contribution in [2.45, 2.75) is 18.7 Å². The Morgan fingerprint density at radius 3 is 2.33 bits per heavy atom. The van der Waals surface area contributed by atoms with Gasteiger partial charge in [0.2, 0.25) is 0 Å². The molecular formula is C19H13ClF4N4O8. The fraction of sp³-hybridized carbons (Fsp3) is 0.263. The van der Waals surface area contributed by atoms with Gasteiger partial charge in [-0.15, -0.1) is 0 Å². The monoisotopic (exact) mass is 536 g/mol. The third kappa shape index (κ3) is 5.07. The SMILES string of the molecule is Cn1c(C(F)(F)F)cc(=O)n(-c2cc(/N=C3\OC(CC(=O)O)C(=O)N3CC(=O)O)c(Cl)cc2F)c1=O. The summed E-state index contributed by atoms with van der Waals surface area (Å²) in [6.07, 6.45) is -7.56. The van der Waals surface area contributed by atoms with Gasteiger partial charge in [0.05, 0.1) is 22.8 Å². The molecule has 0 aliphatic carbocycles. The number of nitrogens with zero attached hydrogens (tertiary/aromatic N) is 4. The quantitative estimate of drug-likeness (QED) is 0.519. The third-order valence-electron chi connectivity index (χ3n) is 4.76. The topological polar surface area (TPSA) is 160 Å². The summed E-state index contributed by atoms with van der Waals surface area (Å²) in [6.45, 7) is -1.00. The molecule has 1 atom stereocenters. The Labute approximate surface area is 201 Å². The van der Waals surface area contributed by atoms with Crippen molar-refractivity contribution in [3.8, 4) is 5.69 Å². The van der Waals surface area contributed by atoms with Crippen molar-refractivity contribution in [3.63, 3.8) is 0 Å². The molecule has 2 heterocycles. The summed E-state index contributed by atoms with van der Waals surface area (Å²) in [5.74, 6) is -5.35. The van der Waals surface area contributed by atoms with E-state index in [0.29, 0.717) is 24.1 Å². The van der Waals surface area contributed by atoms with Crippen LogP contribution < -0.4 is 11.2 Å². The molecule has 36 heavy (non-hydrogen) atoms. The molecule has 1 aliphatic rings. The molecule has 0 bridgehead atoms. The second-order valence-corrected chi connectivity index (χ2v) is 7.62. The average molecular weight is 537 g/mol. The zero-order valence-electron chi connectivity index (χ0n) is 17.7. The number of carboxylic acid groups (broad SMARTS) is 2. The molecule has 192 valence electrons. The second-order valence-electron chi connectivity index (χ2n) is 7.21. The highest BCUT2D eigenvalue weighted by atomic mass is 35.5. The number of carbonyl (C=O) groups is 3. The molecule has 0 radical (unpaired) electrons. The second kappa shape index (κ2) is 9.44. The molecular weight excluding hydrogens is 524 g/mol. The highest BCUT2D eigenvalue weighted by Crippen LogP contribution is 2.32. The van der Waals surface area contributed by atoms with E-state index in [1.54, 1.807) is 0 Å². The number of alkyl halides is 3. The van der Waals surface area contributed by atoms with Crippen LogP contribution in [0, 0.1) is 5.82 Å². The van der Waals surface area contributed by atoms with Gasteiger partial charge in [-0.25, -0.2) is 13.8 Å². The van der Waals surface area contributed by atoms with E-state index in [2.05, 4.69) is 4.99 Å². The van der Waals surface area contributed by atoms with Gasteiger partial charge in [0.15, 0.2) is 6.10 Å². The van der Waals surface area contributed by atoms with Gasteiger partial charge in [-0.3, -0.25) is 28.6 Å². The van der Waals surface area contributed by atoms with Crippen molar-refractivity contribution in [2.75, 3.05) is 6.54 Å². The van der Waals surface area contributed by atoms with Gasteiger partial charge in [0.1, 0.15) is 18.1 Å². The smallest absolute Gasteiger partial charge is 0.431 e. The molecule has 1 aliphatic heterocycles. The highest BCUT2D eigenvalue weighted by molar-refractivity contribution is 6.33. The van der Waals surface area contributed by atoms with E-state index in [1.165, 1.54) is 0 Å². The summed E-state index contributed by atoms with van der Waals surface area (Å²) in [6, 6.07) is 0.580. The standard InChI is InChI=1S/C19H13ClF4N4O8/c1-26-12(19(22,23)24)5-13(29)28(18(26)35)10-3-9(7(20)2-8(10)21)25-17-27(6-15(32)33)16(34)11(36-17)4-14(30)31/h2-3,5,11H,4,6H2,1H3,(H,30,31)(H,32,33)/b25-17-. The van der Waals surface area contributed by atoms with Crippen LogP contribution in [-0.2, 0) is 32.3 Å². The maximum absolute atomic E-state index is 14.7. The molecule has 1 fully saturated rings. The van der Waals surface area contributed by atoms with Gasteiger partial charge in [-0.05, 0) is 12.1 Å². The van der Waals surface area contributed by atoms with Crippen molar-refractivity contribution in [3.05, 3.63) is 55.6 Å². The van der Waals surface area contributed by atoms with E-state index < -0.39 is 88.3 Å². The summed E-state index contributed by atoms with van der Waals surface area (Å²) in [4.78, 5) is 63.6. The van der Waals surface area contributed by atoms with Crippen molar-refractivity contribution < 1.29 is 46.9 Å². The van der Waals surface area contributed by atoms with Gasteiger partial charge in [0.25, 0.3) is 11.5 Å². The lowest BCUT2D eigenvalue weighted by Crippen LogP contribution is -2.41. The number of rotatable bonds is 6. The summed E-state index contributed by atoms with van der Waals surface area (Å²) in [5.41, 5.74) is -6.04. The Morgan fingerprint density at radius 1 is 1.14 bits per heavy atom. The maximum atomic E-state index is 14.7. The molecule has 1 amide bonds. The minimum atomic E-state index is -5.06. The number of hydrogen-bond donors (Lipinski definition) is 2. The number of amidine groups is 1. The van der Waals surface area contributed by atoms with Crippen molar-refractivity contribution >= 4 is 41.2 Å². The third-order valence-corrected chi connectivity index (χ3v) is 5.06. The van der Waals surface area contributed by atoms with Crippen molar-refractivity contribution in [1.29, 1.82) is 0 Å². The molecule has 1 unspecified atom stereocenters. The lowest BCUT2D eigenvalue weighted by molar-refractivity contribution is -0.144. The number of ether oxygens (including phenoxy) is 1. The Morgan fingerprint density at radius 2 is 1.78 bits per heavy atom. The first-order valence-electron chi connectivity index (χ1n) is 9.51. The van der Waals surface area contributed by atoms with Gasteiger partial charge >= 0.3 is 29.8 Å². The van der Waals surface area contributed by atoms with Crippen LogP contribution in [0.2, 0.25) is 5.02 Å². The Kier molecular flexibility index (Phi) is 6.92. The normalized spacial score (nSPS) is 16.9. The number of carboxylic acids is 2. The first kappa shape index (κ1) is 26.4. The van der Waals surface area contributed by atoms with Crippen LogP contribution in [0.1, 0.15) is 12.1 Å². The highest BCUT2D eigenvalue weighted by Gasteiger charge is 2.41. The van der Waals surface area contributed by atoms with E-state index in [0.717, 1.165) is 0 Å². The molecule has 2 N–H and O–H groups in total. The van der Waals surface area contributed by atoms with Crippen molar-refractivity contribution in [1.82, 2.24) is 14.0 Å². The zero-order valence-corrected chi connectivity index (χ0v) is 18.5. The van der Waals surface area contributed by atoms with Crippen LogP contribution in [0.4, 0.5) is 23.2 Å². The molecule has 12 nitrogen and oxygen atoms in total. The molecule has 3 rings (SSSR count). The van der Waals surface area contributed by atoms with E-state index in [-0.39, 0.29) is 15.2 Å². The Bertz CT molecular complexity index is 1430. The largest absolute Gasteiger partial charge is 0.481 e. The average Bonchev–Trinajstić information content (AvgIpc) is 3.00. The van der Waals surface area contributed by atoms with Crippen molar-refractivity contribution in [2.24, 2.45) is 12.0 Å². The van der Waals surface area contributed by atoms with Crippen LogP contribution in [0.25, 0.3) is 5.69 Å². The van der Waals surface area contributed by atoms with Gasteiger partial charge < -0.3 is 14.9 Å². The minimum absolute atomic E-state index is 0.0743. The first-order valence-corrected chi connectivity index (χ1v) is 9.89. The molecule has 1 saturated heterocycles. The number of hydrogen-bond acceptors (Lipinski definition) is 7. The van der Waals surface area contributed by atoms with Gasteiger partial charge in [-0.1, -0.05) is 11.6 Å². The van der Waals surface area contributed by atoms with E-state index in [1.807, 2.05) is 0 Å². The van der Waals surface area contributed by atoms with Gasteiger partial charge in [-0.2, -0.15) is 18.2 Å². The fourth-order valence-electron chi connectivity index (χ4n) is 3.17. The predicted molar refractivity (Wildman–Crippen MR) is 111 cm³/mol. The minimum Gasteiger partial charge on any atom is -0.481 e. The van der Waals surface area contributed by atoms with E-state index in [4.69, 9.17) is 26.6 Å². The van der Waals surface area contributed by atoms with Crippen LogP contribution in [0.5, 0.6) is 0 Å². The number of aliphatic imine (C=N–C) groups is 1. The maximum Gasteiger partial charge on any atom is 0.431 e. The van der Waals surface area contributed by atoms with E-state index in [9.17, 15) is 41.5 Å². The van der Waals surface area contributed by atoms with Crippen LogP contribution >= 0.6 is 11.6 Å². The Hall–Kier alpha value is -4.21. The van der Waals surface area contributed by atoms with Crippen LogP contribution in [0.15, 0.2) is 32.8 Å². The van der Waals surface area contributed by atoms with Crippen LogP contribution in [0.3, 0.4) is 0 Å². The number of halogens is 5. The zero-order chi connectivity index (χ0) is 27.1. The first-order chi connectivity index (χ1) is 16.6.